The van der Waals surface area contributed by atoms with Gasteiger partial charge >= 0.3 is 6.09 Å². The molecule has 0 bridgehead atoms. The third-order valence-corrected chi connectivity index (χ3v) is 1.37. The molecule has 0 heterocycles. The summed E-state index contributed by atoms with van der Waals surface area (Å²) in [6.07, 6.45) is -1.13. The summed E-state index contributed by atoms with van der Waals surface area (Å²) in [5, 5.41) is 10.8. The van der Waals surface area contributed by atoms with Gasteiger partial charge < -0.3 is 5.11 Å². The molecule has 4 heteroatoms. The van der Waals surface area contributed by atoms with E-state index in [1.54, 1.807) is 6.07 Å². The van der Waals surface area contributed by atoms with Crippen molar-refractivity contribution in [1.29, 1.82) is 0 Å². The minimum Gasteiger partial charge on any atom is -0.465 e. The van der Waals surface area contributed by atoms with Gasteiger partial charge in [0.15, 0.2) is 0 Å². The maximum atomic E-state index is 10.1. The summed E-state index contributed by atoms with van der Waals surface area (Å²) in [6.45, 7) is 0. The highest BCUT2D eigenvalue weighted by molar-refractivity contribution is 6.33. The van der Waals surface area contributed by atoms with Crippen LogP contribution in [0.1, 0.15) is 0 Å². The monoisotopic (exact) mass is 170 g/mol. The number of nitrogens with one attached hydrogen (secondary N) is 1. The summed E-state index contributed by atoms with van der Waals surface area (Å²) in [6, 6.07) is 7.32. The van der Waals surface area contributed by atoms with Crippen molar-refractivity contribution in [3.8, 4) is 0 Å². The van der Waals surface area contributed by atoms with E-state index in [0.29, 0.717) is 10.7 Å². The molecule has 1 aromatic carbocycles. The highest BCUT2D eigenvalue weighted by atomic mass is 35.5. The molecule has 0 aromatic heterocycles. The second kappa shape index (κ2) is 3.25. The molecular formula is C7H5ClNO2. The number of halogens is 1. The zero-order chi connectivity index (χ0) is 8.27. The first-order valence-corrected chi connectivity index (χ1v) is 3.23. The minimum absolute atomic E-state index is 0.343. The van der Waals surface area contributed by atoms with Crippen LogP contribution in [-0.2, 0) is 0 Å². The number of rotatable bonds is 1. The lowest BCUT2D eigenvalue weighted by molar-refractivity contribution is 0.210. The molecule has 0 atom stereocenters. The molecule has 0 aliphatic carbocycles. The molecule has 57 valence electrons. The molecule has 1 aromatic rings. The number of carbonyl (C=O) groups is 1. The molecule has 11 heavy (non-hydrogen) atoms. The fourth-order valence-corrected chi connectivity index (χ4v) is 0.800. The number of anilines is 1. The minimum atomic E-state index is -1.13. The topological polar surface area (TPSA) is 49.3 Å². The van der Waals surface area contributed by atoms with Gasteiger partial charge in [0.05, 0.1) is 10.7 Å². The highest BCUT2D eigenvalue weighted by Crippen LogP contribution is 2.19. The van der Waals surface area contributed by atoms with E-state index in [-0.39, 0.29) is 0 Å². The third kappa shape index (κ3) is 2.13. The van der Waals surface area contributed by atoms with Gasteiger partial charge in [-0.15, -0.1) is 0 Å². The summed E-state index contributed by atoms with van der Waals surface area (Å²) in [5.41, 5.74) is 0.373. The van der Waals surface area contributed by atoms with E-state index in [9.17, 15) is 4.79 Å². The first kappa shape index (κ1) is 7.88. The lowest BCUT2D eigenvalue weighted by Crippen LogP contribution is -2.07. The molecule has 0 unspecified atom stereocenters. The Balaban J connectivity index is 2.86. The lowest BCUT2D eigenvalue weighted by Gasteiger charge is -2.00. The van der Waals surface area contributed by atoms with Gasteiger partial charge in [0.2, 0.25) is 0 Å². The van der Waals surface area contributed by atoms with Gasteiger partial charge in [-0.3, -0.25) is 5.32 Å². The van der Waals surface area contributed by atoms with Crippen LogP contribution in [0.25, 0.3) is 0 Å². The van der Waals surface area contributed by atoms with E-state index in [4.69, 9.17) is 16.7 Å². The highest BCUT2D eigenvalue weighted by Gasteiger charge is 2.00. The van der Waals surface area contributed by atoms with Crippen LogP contribution in [0.5, 0.6) is 0 Å². The Morgan fingerprint density at radius 3 is 3.00 bits per heavy atom. The summed E-state index contributed by atoms with van der Waals surface area (Å²) < 4.78 is 0. The van der Waals surface area contributed by atoms with Crippen LogP contribution in [0, 0.1) is 6.07 Å². The normalized spacial score (nSPS) is 9.18. The van der Waals surface area contributed by atoms with Gasteiger partial charge in [0.25, 0.3) is 0 Å². The fourth-order valence-electron chi connectivity index (χ4n) is 0.627. The Morgan fingerprint density at radius 2 is 2.45 bits per heavy atom. The predicted octanol–water partition coefficient (Wildman–Crippen LogP) is 2.23. The van der Waals surface area contributed by atoms with Crippen LogP contribution in [0.3, 0.4) is 0 Å². The Bertz CT molecular complexity index is 275. The summed E-state index contributed by atoms with van der Waals surface area (Å²) >= 11 is 5.61. The zero-order valence-corrected chi connectivity index (χ0v) is 6.22. The number of hydrogen-bond donors (Lipinski definition) is 2. The zero-order valence-electron chi connectivity index (χ0n) is 5.47. The van der Waals surface area contributed by atoms with Gasteiger partial charge in [-0.05, 0) is 18.2 Å². The van der Waals surface area contributed by atoms with Crippen molar-refractivity contribution in [3.05, 3.63) is 29.3 Å². The van der Waals surface area contributed by atoms with Crippen molar-refractivity contribution in [2.24, 2.45) is 0 Å². The van der Waals surface area contributed by atoms with Crippen LogP contribution in [-0.4, -0.2) is 11.2 Å². The number of carboxylic acid groups (broad SMARTS) is 1. The molecule has 1 radical (unpaired) electrons. The quantitative estimate of drug-likeness (QED) is 0.679. The van der Waals surface area contributed by atoms with Crippen molar-refractivity contribution in [2.75, 3.05) is 5.32 Å². The molecule has 1 rings (SSSR count). The second-order valence-electron chi connectivity index (χ2n) is 1.84. The fraction of sp³-hybridized carbons (Fsp3) is 0. The van der Waals surface area contributed by atoms with Gasteiger partial charge in [0, 0.05) is 0 Å². The predicted molar refractivity (Wildman–Crippen MR) is 41.9 cm³/mol. The van der Waals surface area contributed by atoms with Crippen LogP contribution in [0.4, 0.5) is 10.5 Å². The van der Waals surface area contributed by atoms with Crippen LogP contribution in [0.2, 0.25) is 5.02 Å². The van der Waals surface area contributed by atoms with Gasteiger partial charge in [-0.2, -0.15) is 0 Å². The van der Waals surface area contributed by atoms with Gasteiger partial charge in [-0.1, -0.05) is 17.7 Å². The van der Waals surface area contributed by atoms with Gasteiger partial charge in [-0.25, -0.2) is 4.79 Å². The Labute approximate surface area is 68.6 Å². The van der Waals surface area contributed by atoms with Crippen LogP contribution in [0.15, 0.2) is 18.2 Å². The molecule has 0 spiro atoms. The maximum absolute atomic E-state index is 10.1. The molecule has 0 saturated heterocycles. The average molecular weight is 171 g/mol. The lowest BCUT2D eigenvalue weighted by atomic mass is 10.3. The largest absolute Gasteiger partial charge is 0.465 e. The number of hydrogen-bond acceptors (Lipinski definition) is 1. The summed E-state index contributed by atoms with van der Waals surface area (Å²) in [5.74, 6) is 0. The van der Waals surface area contributed by atoms with Crippen LogP contribution < -0.4 is 5.32 Å². The van der Waals surface area contributed by atoms with Gasteiger partial charge in [0.1, 0.15) is 0 Å². The van der Waals surface area contributed by atoms with E-state index in [2.05, 4.69) is 11.4 Å². The van der Waals surface area contributed by atoms with E-state index < -0.39 is 6.09 Å². The summed E-state index contributed by atoms with van der Waals surface area (Å²) in [7, 11) is 0. The Hall–Kier alpha value is -1.22. The second-order valence-corrected chi connectivity index (χ2v) is 2.24. The van der Waals surface area contributed by atoms with Crippen molar-refractivity contribution < 1.29 is 9.90 Å². The molecule has 3 nitrogen and oxygen atoms in total. The molecule has 0 saturated carbocycles. The van der Waals surface area contributed by atoms with E-state index >= 15 is 0 Å². The van der Waals surface area contributed by atoms with Crippen molar-refractivity contribution in [2.45, 2.75) is 0 Å². The van der Waals surface area contributed by atoms with E-state index in [1.165, 1.54) is 12.1 Å². The molecule has 0 fully saturated rings. The van der Waals surface area contributed by atoms with Crippen LogP contribution >= 0.6 is 11.6 Å². The molecule has 0 aliphatic heterocycles. The molecule has 1 amide bonds. The summed E-state index contributed by atoms with van der Waals surface area (Å²) in [4.78, 5) is 10.1. The number of amides is 1. The SMILES string of the molecule is O=C(O)Nc1cc[c]cc1Cl. The van der Waals surface area contributed by atoms with Crippen molar-refractivity contribution in [1.82, 2.24) is 0 Å². The Morgan fingerprint density at radius 1 is 1.73 bits per heavy atom. The maximum Gasteiger partial charge on any atom is 0.409 e. The smallest absolute Gasteiger partial charge is 0.409 e. The average Bonchev–Trinajstić information content (AvgIpc) is 1.93. The standard InChI is InChI=1S/C7H5ClNO2/c8-5-3-1-2-4-6(5)9-7(10)11/h2-4,9H,(H,10,11). The van der Waals surface area contributed by atoms with Crippen molar-refractivity contribution >= 4 is 23.4 Å². The number of benzene rings is 1. The first-order valence-electron chi connectivity index (χ1n) is 2.85. The Kier molecular flexibility index (Phi) is 2.33. The third-order valence-electron chi connectivity index (χ3n) is 1.06. The molecular weight excluding hydrogens is 166 g/mol. The van der Waals surface area contributed by atoms with E-state index in [1.807, 2.05) is 0 Å². The van der Waals surface area contributed by atoms with Crippen molar-refractivity contribution in [3.63, 3.8) is 0 Å². The molecule has 0 aliphatic rings. The first-order chi connectivity index (χ1) is 5.20. The van der Waals surface area contributed by atoms with E-state index in [0.717, 1.165) is 0 Å². The molecule has 2 N–H and O–H groups in total.